The summed E-state index contributed by atoms with van der Waals surface area (Å²) in [5.74, 6) is 0.0217. The summed E-state index contributed by atoms with van der Waals surface area (Å²) in [6, 6.07) is 7.52. The highest BCUT2D eigenvalue weighted by Crippen LogP contribution is 2.23. The second-order valence-corrected chi connectivity index (χ2v) is 4.75. The van der Waals surface area contributed by atoms with Crippen LogP contribution in [0.25, 0.3) is 0 Å². The largest absolute Gasteiger partial charge is 0.329 e. The Morgan fingerprint density at radius 1 is 1.14 bits per heavy atom. The van der Waals surface area contributed by atoms with Gasteiger partial charge in [-0.3, -0.25) is 14.8 Å². The summed E-state index contributed by atoms with van der Waals surface area (Å²) in [5, 5.41) is 3.33. The lowest BCUT2D eigenvalue weighted by Crippen LogP contribution is -2.48. The van der Waals surface area contributed by atoms with E-state index in [9.17, 15) is 4.79 Å². The fraction of sp³-hybridized carbons (Fsp3) is 0.267. The molecule has 0 radical (unpaired) electrons. The number of hydrogen-bond acceptors (Lipinski definition) is 4. The summed E-state index contributed by atoms with van der Waals surface area (Å²) in [6.07, 6.45) is 6.85. The van der Waals surface area contributed by atoms with E-state index in [1.807, 2.05) is 23.2 Å². The number of nitrogens with one attached hydrogen (secondary N) is 1. The van der Waals surface area contributed by atoms with E-state index in [0.29, 0.717) is 12.1 Å². The van der Waals surface area contributed by atoms with Gasteiger partial charge in [-0.1, -0.05) is 6.07 Å². The average molecular weight is 341 g/mol. The Morgan fingerprint density at radius 3 is 2.50 bits per heavy atom. The summed E-state index contributed by atoms with van der Waals surface area (Å²) >= 11 is 0. The van der Waals surface area contributed by atoms with Crippen LogP contribution in [-0.4, -0.2) is 40.4 Å². The zero-order valence-electron chi connectivity index (χ0n) is 11.9. The highest BCUT2D eigenvalue weighted by Gasteiger charge is 2.28. The molecule has 1 fully saturated rings. The second-order valence-electron chi connectivity index (χ2n) is 4.75. The molecular formula is C15H18Cl2N4O. The molecule has 5 nitrogen and oxygen atoms in total. The SMILES string of the molecule is Cl.Cl.O=C(c1cccnc1)N1CCNCC1c1cccnc1. The lowest BCUT2D eigenvalue weighted by molar-refractivity contribution is 0.0633. The van der Waals surface area contributed by atoms with Crippen LogP contribution in [0.4, 0.5) is 0 Å². The maximum Gasteiger partial charge on any atom is 0.256 e. The van der Waals surface area contributed by atoms with Gasteiger partial charge in [-0.15, -0.1) is 24.8 Å². The summed E-state index contributed by atoms with van der Waals surface area (Å²) < 4.78 is 0. The summed E-state index contributed by atoms with van der Waals surface area (Å²) in [6.45, 7) is 2.24. The minimum atomic E-state index is 0. The van der Waals surface area contributed by atoms with Crippen molar-refractivity contribution in [1.29, 1.82) is 0 Å². The average Bonchev–Trinajstić information content (AvgIpc) is 2.56. The molecular weight excluding hydrogens is 323 g/mol. The van der Waals surface area contributed by atoms with Crippen molar-refractivity contribution in [2.24, 2.45) is 0 Å². The van der Waals surface area contributed by atoms with Crippen molar-refractivity contribution in [3.05, 3.63) is 60.2 Å². The first-order valence-electron chi connectivity index (χ1n) is 6.68. The molecule has 1 atom stereocenters. The van der Waals surface area contributed by atoms with Gasteiger partial charge in [0.05, 0.1) is 11.6 Å². The van der Waals surface area contributed by atoms with E-state index in [2.05, 4.69) is 15.3 Å². The number of rotatable bonds is 2. The van der Waals surface area contributed by atoms with Gasteiger partial charge < -0.3 is 10.2 Å². The molecule has 22 heavy (non-hydrogen) atoms. The predicted molar refractivity (Wildman–Crippen MR) is 89.6 cm³/mol. The van der Waals surface area contributed by atoms with E-state index in [1.54, 1.807) is 30.7 Å². The Kier molecular flexibility index (Phi) is 7.24. The van der Waals surface area contributed by atoms with Crippen LogP contribution in [0.1, 0.15) is 22.0 Å². The van der Waals surface area contributed by atoms with Gasteiger partial charge in [0, 0.05) is 44.4 Å². The first kappa shape index (κ1) is 18.4. The van der Waals surface area contributed by atoms with Crippen molar-refractivity contribution < 1.29 is 4.79 Å². The van der Waals surface area contributed by atoms with Crippen LogP contribution >= 0.6 is 24.8 Å². The van der Waals surface area contributed by atoms with Gasteiger partial charge in [0.2, 0.25) is 0 Å². The maximum atomic E-state index is 12.6. The van der Waals surface area contributed by atoms with Gasteiger partial charge in [-0.25, -0.2) is 0 Å². The zero-order valence-corrected chi connectivity index (χ0v) is 13.5. The number of nitrogens with zero attached hydrogens (tertiary/aromatic N) is 3. The van der Waals surface area contributed by atoms with Crippen LogP contribution in [0.3, 0.4) is 0 Å². The first-order valence-corrected chi connectivity index (χ1v) is 6.68. The highest BCUT2D eigenvalue weighted by molar-refractivity contribution is 5.94. The van der Waals surface area contributed by atoms with Crippen molar-refractivity contribution in [2.45, 2.75) is 6.04 Å². The van der Waals surface area contributed by atoms with E-state index < -0.39 is 0 Å². The fourth-order valence-electron chi connectivity index (χ4n) is 2.47. The highest BCUT2D eigenvalue weighted by atomic mass is 35.5. The minimum absolute atomic E-state index is 0. The van der Waals surface area contributed by atoms with Crippen molar-refractivity contribution in [2.75, 3.05) is 19.6 Å². The molecule has 0 aliphatic carbocycles. The van der Waals surface area contributed by atoms with E-state index in [0.717, 1.165) is 18.7 Å². The number of carbonyl (C=O) groups is 1. The van der Waals surface area contributed by atoms with Gasteiger partial charge in [0.15, 0.2) is 0 Å². The normalized spacial score (nSPS) is 17.1. The summed E-state index contributed by atoms with van der Waals surface area (Å²) in [4.78, 5) is 22.7. The predicted octanol–water partition coefficient (Wildman–Crippen LogP) is 2.11. The monoisotopic (exact) mass is 340 g/mol. The molecule has 1 amide bonds. The molecule has 0 aromatic carbocycles. The van der Waals surface area contributed by atoms with Gasteiger partial charge in [0.1, 0.15) is 0 Å². The molecule has 2 aromatic rings. The standard InChI is InChI=1S/C15H16N4O.2ClH/c20-15(13-4-2-6-17-10-13)19-8-7-18-11-14(19)12-3-1-5-16-9-12;;/h1-6,9-10,14,18H,7-8,11H2;2*1H. The number of amides is 1. The third-order valence-corrected chi connectivity index (χ3v) is 3.48. The molecule has 0 saturated carbocycles. The van der Waals surface area contributed by atoms with Crippen LogP contribution in [0, 0.1) is 0 Å². The van der Waals surface area contributed by atoms with Crippen molar-refractivity contribution in [1.82, 2.24) is 20.2 Å². The van der Waals surface area contributed by atoms with E-state index in [4.69, 9.17) is 0 Å². The Hall–Kier alpha value is -1.69. The topological polar surface area (TPSA) is 58.1 Å². The van der Waals surface area contributed by atoms with E-state index in [-0.39, 0.29) is 36.8 Å². The molecule has 118 valence electrons. The summed E-state index contributed by atoms with van der Waals surface area (Å²) in [7, 11) is 0. The molecule has 1 N–H and O–H groups in total. The maximum absolute atomic E-state index is 12.6. The number of aromatic nitrogens is 2. The molecule has 2 aromatic heterocycles. The van der Waals surface area contributed by atoms with E-state index >= 15 is 0 Å². The Morgan fingerprint density at radius 2 is 1.86 bits per heavy atom. The smallest absolute Gasteiger partial charge is 0.256 e. The molecule has 0 bridgehead atoms. The Labute approximate surface area is 142 Å². The number of hydrogen-bond donors (Lipinski definition) is 1. The molecule has 1 saturated heterocycles. The number of piperazine rings is 1. The first-order chi connectivity index (χ1) is 9.86. The number of pyridine rings is 2. The van der Waals surface area contributed by atoms with Crippen LogP contribution in [0.15, 0.2) is 49.1 Å². The van der Waals surface area contributed by atoms with Crippen molar-refractivity contribution >= 4 is 30.7 Å². The third-order valence-electron chi connectivity index (χ3n) is 3.48. The van der Waals surface area contributed by atoms with Crippen molar-refractivity contribution in [3.63, 3.8) is 0 Å². The summed E-state index contributed by atoms with van der Waals surface area (Å²) in [5.41, 5.74) is 1.68. The molecule has 7 heteroatoms. The Bertz CT molecular complexity index is 583. The Balaban J connectivity index is 0.00000121. The van der Waals surface area contributed by atoms with E-state index in [1.165, 1.54) is 0 Å². The molecule has 3 heterocycles. The minimum Gasteiger partial charge on any atom is -0.329 e. The lowest BCUT2D eigenvalue weighted by Gasteiger charge is -2.36. The fourth-order valence-corrected chi connectivity index (χ4v) is 2.47. The van der Waals surface area contributed by atoms with Gasteiger partial charge in [-0.05, 0) is 23.8 Å². The van der Waals surface area contributed by atoms with Gasteiger partial charge >= 0.3 is 0 Å². The van der Waals surface area contributed by atoms with Crippen LogP contribution in [0.5, 0.6) is 0 Å². The van der Waals surface area contributed by atoms with Crippen LogP contribution in [-0.2, 0) is 0 Å². The molecule has 3 rings (SSSR count). The molecule has 0 spiro atoms. The van der Waals surface area contributed by atoms with Crippen molar-refractivity contribution in [3.8, 4) is 0 Å². The zero-order chi connectivity index (χ0) is 13.8. The van der Waals surface area contributed by atoms with Gasteiger partial charge in [0.25, 0.3) is 5.91 Å². The lowest BCUT2D eigenvalue weighted by atomic mass is 10.0. The quantitative estimate of drug-likeness (QED) is 0.909. The number of carbonyl (C=O) groups excluding carboxylic acids is 1. The van der Waals surface area contributed by atoms with Gasteiger partial charge in [-0.2, -0.15) is 0 Å². The second kappa shape index (κ2) is 8.68. The molecule has 1 unspecified atom stereocenters. The molecule has 1 aliphatic heterocycles. The number of halogens is 2. The molecule has 1 aliphatic rings. The third kappa shape index (κ3) is 3.94. The van der Waals surface area contributed by atoms with Crippen LogP contribution < -0.4 is 5.32 Å². The van der Waals surface area contributed by atoms with Crippen LogP contribution in [0.2, 0.25) is 0 Å².